The highest BCUT2D eigenvalue weighted by atomic mass is 15.1. The monoisotopic (exact) mass is 275 g/mol. The van der Waals surface area contributed by atoms with Crippen molar-refractivity contribution in [3.8, 4) is 12.1 Å². The first-order chi connectivity index (χ1) is 10.2. The van der Waals surface area contributed by atoms with E-state index in [1.807, 2.05) is 56.3 Å². The predicted molar refractivity (Wildman–Crippen MR) is 82.6 cm³/mol. The molecule has 0 spiro atoms. The van der Waals surface area contributed by atoms with Gasteiger partial charge in [0.25, 0.3) is 0 Å². The third-order valence-electron chi connectivity index (χ3n) is 3.56. The maximum atomic E-state index is 8.97. The smallest absolute Gasteiger partial charge is 0.137 e. The third kappa shape index (κ3) is 3.41. The largest absolute Gasteiger partial charge is 0.349 e. The highest BCUT2D eigenvalue weighted by molar-refractivity contribution is 5.53. The van der Waals surface area contributed by atoms with Crippen LogP contribution in [0.3, 0.4) is 0 Å². The highest BCUT2D eigenvalue weighted by Crippen LogP contribution is 2.24. The Morgan fingerprint density at radius 2 is 1.57 bits per heavy atom. The first-order valence-electron chi connectivity index (χ1n) is 6.88. The molecule has 0 atom stereocenters. The van der Waals surface area contributed by atoms with Gasteiger partial charge in [0.05, 0.1) is 0 Å². The SMILES string of the molecule is CC1=CC(=C(C#N)C#N)C=C(C)N1CCc1ccccc1. The van der Waals surface area contributed by atoms with Gasteiger partial charge in [0.1, 0.15) is 17.7 Å². The Morgan fingerprint density at radius 1 is 1.00 bits per heavy atom. The molecule has 0 radical (unpaired) electrons. The summed E-state index contributed by atoms with van der Waals surface area (Å²) in [6.07, 6.45) is 4.76. The zero-order valence-electron chi connectivity index (χ0n) is 12.3. The van der Waals surface area contributed by atoms with Crippen molar-refractivity contribution >= 4 is 0 Å². The van der Waals surface area contributed by atoms with E-state index in [4.69, 9.17) is 10.5 Å². The van der Waals surface area contributed by atoms with Crippen molar-refractivity contribution in [2.45, 2.75) is 20.3 Å². The average molecular weight is 275 g/mol. The van der Waals surface area contributed by atoms with Gasteiger partial charge < -0.3 is 4.90 Å². The van der Waals surface area contributed by atoms with Gasteiger partial charge in [-0.2, -0.15) is 10.5 Å². The number of nitrogens with zero attached hydrogens (tertiary/aromatic N) is 3. The van der Waals surface area contributed by atoms with E-state index in [-0.39, 0.29) is 5.57 Å². The predicted octanol–water partition coefficient (Wildman–Crippen LogP) is 3.70. The van der Waals surface area contributed by atoms with E-state index in [2.05, 4.69) is 17.0 Å². The fourth-order valence-corrected chi connectivity index (χ4v) is 2.46. The van der Waals surface area contributed by atoms with Crippen LogP contribution in [-0.4, -0.2) is 11.4 Å². The molecular formula is C18H17N3. The van der Waals surface area contributed by atoms with Gasteiger partial charge >= 0.3 is 0 Å². The topological polar surface area (TPSA) is 50.8 Å². The summed E-state index contributed by atoms with van der Waals surface area (Å²) in [5.41, 5.74) is 4.28. The minimum atomic E-state index is 0.163. The molecule has 0 aromatic heterocycles. The average Bonchev–Trinajstić information content (AvgIpc) is 2.49. The summed E-state index contributed by atoms with van der Waals surface area (Å²) in [6.45, 7) is 4.90. The van der Waals surface area contributed by atoms with Crippen molar-refractivity contribution in [1.29, 1.82) is 10.5 Å². The standard InChI is InChI=1S/C18H17N3/c1-14-10-17(18(12-19)13-20)11-15(2)21(14)9-8-16-6-4-3-5-7-16/h3-7,10-11H,8-9H2,1-2H3. The summed E-state index contributed by atoms with van der Waals surface area (Å²) in [6, 6.07) is 14.2. The van der Waals surface area contributed by atoms with Crippen molar-refractivity contribution in [2.24, 2.45) is 0 Å². The molecular weight excluding hydrogens is 258 g/mol. The number of nitriles is 2. The molecule has 3 nitrogen and oxygen atoms in total. The van der Waals surface area contributed by atoms with Crippen molar-refractivity contribution in [3.63, 3.8) is 0 Å². The number of hydrogen-bond acceptors (Lipinski definition) is 3. The first-order valence-corrected chi connectivity index (χ1v) is 6.88. The Kier molecular flexibility index (Phi) is 4.59. The molecule has 1 heterocycles. The van der Waals surface area contributed by atoms with Gasteiger partial charge in [-0.3, -0.25) is 0 Å². The van der Waals surface area contributed by atoms with Crippen LogP contribution in [0.15, 0.2) is 65.0 Å². The maximum Gasteiger partial charge on any atom is 0.137 e. The molecule has 0 fully saturated rings. The Balaban J connectivity index is 2.16. The van der Waals surface area contributed by atoms with Crippen LogP contribution >= 0.6 is 0 Å². The summed E-state index contributed by atoms with van der Waals surface area (Å²) in [7, 11) is 0. The molecule has 0 amide bonds. The molecule has 2 rings (SSSR count). The van der Waals surface area contributed by atoms with Gasteiger partial charge in [0.15, 0.2) is 0 Å². The normalized spacial score (nSPS) is 13.9. The number of allylic oxidation sites excluding steroid dienone is 6. The molecule has 1 aliphatic heterocycles. The van der Waals surface area contributed by atoms with E-state index in [0.29, 0.717) is 5.57 Å². The van der Waals surface area contributed by atoms with Gasteiger partial charge in [0, 0.05) is 23.5 Å². The van der Waals surface area contributed by atoms with Gasteiger partial charge in [-0.05, 0) is 38.0 Å². The molecule has 104 valence electrons. The molecule has 3 heteroatoms. The van der Waals surface area contributed by atoms with Crippen LogP contribution in [0.1, 0.15) is 19.4 Å². The van der Waals surface area contributed by atoms with Crippen LogP contribution < -0.4 is 0 Å². The van der Waals surface area contributed by atoms with Gasteiger partial charge in [-0.25, -0.2) is 0 Å². The Hall–Kier alpha value is -2.78. The van der Waals surface area contributed by atoms with E-state index in [1.54, 1.807) is 0 Å². The van der Waals surface area contributed by atoms with Crippen LogP contribution in [0.5, 0.6) is 0 Å². The zero-order chi connectivity index (χ0) is 15.2. The summed E-state index contributed by atoms with van der Waals surface area (Å²) in [4.78, 5) is 2.21. The Bertz CT molecular complexity index is 656. The minimum Gasteiger partial charge on any atom is -0.349 e. The van der Waals surface area contributed by atoms with Crippen LogP contribution in [0.2, 0.25) is 0 Å². The lowest BCUT2D eigenvalue weighted by Crippen LogP contribution is -2.24. The van der Waals surface area contributed by atoms with Crippen LogP contribution in [0, 0.1) is 22.7 Å². The molecule has 1 aliphatic rings. The molecule has 0 N–H and O–H groups in total. The lowest BCUT2D eigenvalue weighted by atomic mass is 10.0. The van der Waals surface area contributed by atoms with Crippen molar-refractivity contribution in [2.75, 3.05) is 6.54 Å². The second-order valence-electron chi connectivity index (χ2n) is 5.01. The fraction of sp³-hybridized carbons (Fsp3) is 0.222. The molecule has 0 saturated heterocycles. The molecule has 21 heavy (non-hydrogen) atoms. The highest BCUT2D eigenvalue weighted by Gasteiger charge is 2.15. The molecule has 1 aromatic carbocycles. The molecule has 0 unspecified atom stereocenters. The third-order valence-corrected chi connectivity index (χ3v) is 3.56. The Morgan fingerprint density at radius 3 is 2.10 bits per heavy atom. The van der Waals surface area contributed by atoms with Crippen molar-refractivity contribution in [1.82, 2.24) is 4.90 Å². The van der Waals surface area contributed by atoms with E-state index in [1.165, 1.54) is 5.56 Å². The Labute approximate surface area is 125 Å². The molecule has 0 bridgehead atoms. The maximum absolute atomic E-state index is 8.97. The van der Waals surface area contributed by atoms with E-state index < -0.39 is 0 Å². The zero-order valence-corrected chi connectivity index (χ0v) is 12.3. The summed E-state index contributed by atoms with van der Waals surface area (Å²) < 4.78 is 0. The molecule has 0 saturated carbocycles. The summed E-state index contributed by atoms with van der Waals surface area (Å²) >= 11 is 0. The van der Waals surface area contributed by atoms with Crippen molar-refractivity contribution < 1.29 is 0 Å². The van der Waals surface area contributed by atoms with Gasteiger partial charge in [0.2, 0.25) is 0 Å². The van der Waals surface area contributed by atoms with Gasteiger partial charge in [-0.15, -0.1) is 0 Å². The lowest BCUT2D eigenvalue weighted by Gasteiger charge is -2.29. The number of benzene rings is 1. The van der Waals surface area contributed by atoms with Crippen LogP contribution in [0.4, 0.5) is 0 Å². The minimum absolute atomic E-state index is 0.163. The van der Waals surface area contributed by atoms with Gasteiger partial charge in [-0.1, -0.05) is 30.3 Å². The lowest BCUT2D eigenvalue weighted by molar-refractivity contribution is 0.427. The summed E-state index contributed by atoms with van der Waals surface area (Å²) in [5, 5.41) is 17.9. The first kappa shape index (κ1) is 14.6. The van der Waals surface area contributed by atoms with E-state index in [0.717, 1.165) is 24.4 Å². The number of hydrogen-bond donors (Lipinski definition) is 0. The van der Waals surface area contributed by atoms with Crippen LogP contribution in [0.25, 0.3) is 0 Å². The fourth-order valence-electron chi connectivity index (χ4n) is 2.46. The summed E-state index contributed by atoms with van der Waals surface area (Å²) in [5.74, 6) is 0. The van der Waals surface area contributed by atoms with E-state index in [9.17, 15) is 0 Å². The molecule has 1 aromatic rings. The second kappa shape index (κ2) is 6.59. The quantitative estimate of drug-likeness (QED) is 0.790. The van der Waals surface area contributed by atoms with E-state index >= 15 is 0 Å². The second-order valence-corrected chi connectivity index (χ2v) is 5.01. The number of rotatable bonds is 3. The van der Waals surface area contributed by atoms with Crippen molar-refractivity contribution in [3.05, 3.63) is 70.6 Å². The van der Waals surface area contributed by atoms with Crippen LogP contribution in [-0.2, 0) is 6.42 Å². The molecule has 0 aliphatic carbocycles.